The molecular formula is C17H20AlNO2. The summed E-state index contributed by atoms with van der Waals surface area (Å²) in [4.78, 5) is 3.78. The molecule has 4 heteroatoms. The van der Waals surface area contributed by atoms with E-state index in [9.17, 15) is 0 Å². The lowest BCUT2D eigenvalue weighted by Gasteiger charge is -1.82. The molecule has 0 aliphatic heterocycles. The maximum atomic E-state index is 8.63. The Kier molecular flexibility index (Phi) is 11.4. The number of nitrogens with zero attached hydrogens (tertiary/aromatic N) is 1. The molecule has 21 heavy (non-hydrogen) atoms. The second-order valence-electron chi connectivity index (χ2n) is 3.70. The Morgan fingerprint density at radius 2 is 0.857 bits per heavy atom. The predicted octanol–water partition coefficient (Wildman–Crippen LogP) is 2.68. The minimum atomic E-state index is 0. The van der Waals surface area contributed by atoms with Gasteiger partial charge in [0.25, 0.3) is 0 Å². The molecule has 0 saturated heterocycles. The van der Waals surface area contributed by atoms with Crippen LogP contribution in [0.15, 0.2) is 91.3 Å². The van der Waals surface area contributed by atoms with Gasteiger partial charge in [-0.2, -0.15) is 0 Å². The van der Waals surface area contributed by atoms with Crippen molar-refractivity contribution >= 4 is 17.4 Å². The molecule has 0 atom stereocenters. The van der Waals surface area contributed by atoms with E-state index in [1.165, 1.54) is 0 Å². The highest BCUT2D eigenvalue weighted by molar-refractivity contribution is 5.75. The van der Waals surface area contributed by atoms with E-state index in [1.807, 2.05) is 30.3 Å². The molecule has 3 aromatic rings. The summed E-state index contributed by atoms with van der Waals surface area (Å²) in [6.45, 7) is 0. The molecule has 108 valence electrons. The first kappa shape index (κ1) is 18.7. The number of para-hydroxylation sites is 2. The lowest BCUT2D eigenvalue weighted by Crippen LogP contribution is -1.58. The number of benzene rings is 2. The molecule has 1 heterocycles. The van der Waals surface area contributed by atoms with E-state index >= 15 is 0 Å². The average Bonchev–Trinajstić information content (AvgIpc) is 2.52. The summed E-state index contributed by atoms with van der Waals surface area (Å²) >= 11 is 0. The van der Waals surface area contributed by atoms with Crippen molar-refractivity contribution in [3.63, 3.8) is 0 Å². The van der Waals surface area contributed by atoms with E-state index in [0.29, 0.717) is 11.5 Å². The number of aromatic hydroxyl groups is 2. The summed E-state index contributed by atoms with van der Waals surface area (Å²) in [5.41, 5.74) is 0. The fourth-order valence-corrected chi connectivity index (χ4v) is 1.17. The standard InChI is InChI=1S/2C6H6O.C5H5N.Al.3H/c2*7-6-4-2-1-3-5-6;1-2-4-6-5-3-1;;;;/h2*1-5,7H;1-5H;;;;. The van der Waals surface area contributed by atoms with Crippen LogP contribution in [-0.2, 0) is 0 Å². The summed E-state index contributed by atoms with van der Waals surface area (Å²) in [5.74, 6) is 0.644. The van der Waals surface area contributed by atoms with Crippen molar-refractivity contribution in [3.05, 3.63) is 91.3 Å². The van der Waals surface area contributed by atoms with Gasteiger partial charge in [0.2, 0.25) is 0 Å². The third-order valence-electron chi connectivity index (χ3n) is 2.08. The largest absolute Gasteiger partial charge is 0.508 e. The molecule has 0 unspecified atom stereocenters. The van der Waals surface area contributed by atoms with E-state index in [2.05, 4.69) is 4.98 Å². The fourth-order valence-electron chi connectivity index (χ4n) is 1.17. The van der Waals surface area contributed by atoms with Crippen LogP contribution >= 0.6 is 0 Å². The Hall–Kier alpha value is -2.28. The van der Waals surface area contributed by atoms with Gasteiger partial charge in [0.15, 0.2) is 17.4 Å². The van der Waals surface area contributed by atoms with Gasteiger partial charge >= 0.3 is 0 Å². The Morgan fingerprint density at radius 1 is 0.524 bits per heavy atom. The summed E-state index contributed by atoms with van der Waals surface area (Å²) in [6.07, 6.45) is 3.50. The van der Waals surface area contributed by atoms with Crippen molar-refractivity contribution in [3.8, 4) is 11.5 Å². The first-order valence-electron chi connectivity index (χ1n) is 6.12. The zero-order chi connectivity index (χ0) is 14.5. The number of phenols is 2. The molecule has 0 fully saturated rings. The van der Waals surface area contributed by atoms with Gasteiger partial charge in [0, 0.05) is 12.4 Å². The van der Waals surface area contributed by atoms with Crippen LogP contribution in [-0.4, -0.2) is 32.6 Å². The highest BCUT2D eigenvalue weighted by Gasteiger charge is 1.75. The number of hydrogen-bond donors (Lipinski definition) is 2. The zero-order valence-corrected chi connectivity index (χ0v) is 11.0. The molecule has 0 bridgehead atoms. The quantitative estimate of drug-likeness (QED) is 0.627. The van der Waals surface area contributed by atoms with Crippen LogP contribution < -0.4 is 0 Å². The predicted molar refractivity (Wildman–Crippen MR) is 90.4 cm³/mol. The molecule has 0 radical (unpaired) electrons. The maximum absolute atomic E-state index is 8.63. The monoisotopic (exact) mass is 297 g/mol. The fraction of sp³-hybridized carbons (Fsp3) is 0. The van der Waals surface area contributed by atoms with Crippen molar-refractivity contribution in [2.45, 2.75) is 0 Å². The lowest BCUT2D eigenvalue weighted by molar-refractivity contribution is 0.475. The van der Waals surface area contributed by atoms with Gasteiger partial charge in [-0.05, 0) is 36.4 Å². The molecule has 3 rings (SSSR count). The van der Waals surface area contributed by atoms with Crippen LogP contribution in [0.2, 0.25) is 0 Å². The van der Waals surface area contributed by atoms with E-state index in [1.54, 1.807) is 60.9 Å². The molecule has 0 saturated carbocycles. The Balaban J connectivity index is 0.000000280. The first-order valence-corrected chi connectivity index (χ1v) is 6.12. The van der Waals surface area contributed by atoms with E-state index in [4.69, 9.17) is 10.2 Å². The van der Waals surface area contributed by atoms with Crippen molar-refractivity contribution < 1.29 is 10.2 Å². The highest BCUT2D eigenvalue weighted by Crippen LogP contribution is 2.03. The van der Waals surface area contributed by atoms with E-state index in [-0.39, 0.29) is 17.4 Å². The summed E-state index contributed by atoms with van der Waals surface area (Å²) < 4.78 is 0. The molecule has 0 amide bonds. The molecule has 1 aromatic heterocycles. The number of aromatic nitrogens is 1. The van der Waals surface area contributed by atoms with E-state index < -0.39 is 0 Å². The van der Waals surface area contributed by atoms with Crippen LogP contribution in [0, 0.1) is 0 Å². The summed E-state index contributed by atoms with van der Waals surface area (Å²) in [5, 5.41) is 17.3. The number of phenolic OH excluding ortho intramolecular Hbond substituents is 2. The average molecular weight is 297 g/mol. The molecule has 0 aliphatic rings. The molecule has 3 nitrogen and oxygen atoms in total. The number of pyridine rings is 1. The first-order chi connectivity index (χ1) is 9.79. The molecular weight excluding hydrogens is 277 g/mol. The van der Waals surface area contributed by atoms with E-state index in [0.717, 1.165) is 0 Å². The minimum absolute atomic E-state index is 0. The molecule has 2 N–H and O–H groups in total. The maximum Gasteiger partial charge on any atom is 0.187 e. The Bertz CT molecular complexity index is 483. The lowest BCUT2D eigenvalue weighted by atomic mass is 10.3. The van der Waals surface area contributed by atoms with Crippen molar-refractivity contribution in [1.82, 2.24) is 4.98 Å². The van der Waals surface area contributed by atoms with Gasteiger partial charge in [-0.15, -0.1) is 0 Å². The summed E-state index contributed by atoms with van der Waals surface area (Å²) in [7, 11) is 0. The second-order valence-corrected chi connectivity index (χ2v) is 3.70. The second kappa shape index (κ2) is 12.7. The van der Waals surface area contributed by atoms with Crippen molar-refractivity contribution in [2.24, 2.45) is 0 Å². The van der Waals surface area contributed by atoms with Crippen molar-refractivity contribution in [2.75, 3.05) is 0 Å². The van der Waals surface area contributed by atoms with Gasteiger partial charge in [-0.25, -0.2) is 0 Å². The Morgan fingerprint density at radius 3 is 1.00 bits per heavy atom. The number of hydrogen-bond acceptors (Lipinski definition) is 3. The topological polar surface area (TPSA) is 53.4 Å². The summed E-state index contributed by atoms with van der Waals surface area (Å²) in [6, 6.07) is 23.1. The SMILES string of the molecule is Oc1ccccc1.Oc1ccccc1.[AlH3].c1ccncc1. The molecule has 0 spiro atoms. The van der Waals surface area contributed by atoms with Crippen LogP contribution in [0.25, 0.3) is 0 Å². The zero-order valence-electron chi connectivity index (χ0n) is 11.0. The van der Waals surface area contributed by atoms with Gasteiger partial charge < -0.3 is 10.2 Å². The van der Waals surface area contributed by atoms with Gasteiger partial charge in [-0.3, -0.25) is 4.98 Å². The van der Waals surface area contributed by atoms with Crippen LogP contribution in [0.1, 0.15) is 0 Å². The minimum Gasteiger partial charge on any atom is -0.508 e. The van der Waals surface area contributed by atoms with Crippen molar-refractivity contribution in [1.29, 1.82) is 0 Å². The number of rotatable bonds is 0. The van der Waals surface area contributed by atoms with Crippen LogP contribution in [0.4, 0.5) is 0 Å². The third kappa shape index (κ3) is 11.3. The van der Waals surface area contributed by atoms with Crippen LogP contribution in [0.5, 0.6) is 11.5 Å². The normalized spacial score (nSPS) is 8.00. The van der Waals surface area contributed by atoms with Crippen LogP contribution in [0.3, 0.4) is 0 Å². The smallest absolute Gasteiger partial charge is 0.187 e. The third-order valence-corrected chi connectivity index (χ3v) is 2.08. The van der Waals surface area contributed by atoms with Gasteiger partial charge in [-0.1, -0.05) is 42.5 Å². The molecule has 0 aliphatic carbocycles. The highest BCUT2D eigenvalue weighted by atomic mass is 27.0. The van der Waals surface area contributed by atoms with Gasteiger partial charge in [0.1, 0.15) is 11.5 Å². The molecule has 2 aromatic carbocycles. The Labute approximate surface area is 135 Å². The van der Waals surface area contributed by atoms with Gasteiger partial charge in [0.05, 0.1) is 0 Å².